The number of nitrogens with one attached hydrogen (secondary N) is 1. The van der Waals surface area contributed by atoms with Gasteiger partial charge in [0, 0.05) is 10.6 Å². The first kappa shape index (κ1) is 11.0. The standard InChI is InChI=1S/C11H11NO3S/c1-15-10(13)6-8-11(14)16-9-5-3-2-4-7(9)12-8/h2-5,8,12H,6H2,1H3/t8-/m1/s1. The summed E-state index contributed by atoms with van der Waals surface area (Å²) in [6.07, 6.45) is 0.0661. The first-order valence-corrected chi connectivity index (χ1v) is 5.66. The molecule has 5 heteroatoms. The minimum atomic E-state index is -0.493. The van der Waals surface area contributed by atoms with Gasteiger partial charge in [0.15, 0.2) is 0 Å². The summed E-state index contributed by atoms with van der Waals surface area (Å²) in [6, 6.07) is 7.03. The summed E-state index contributed by atoms with van der Waals surface area (Å²) in [5, 5.41) is 2.99. The molecule has 0 aliphatic carbocycles. The summed E-state index contributed by atoms with van der Waals surface area (Å²) in [5.74, 6) is -0.383. The number of carbonyl (C=O) groups excluding carboxylic acids is 2. The van der Waals surface area contributed by atoms with Crippen molar-refractivity contribution < 1.29 is 14.3 Å². The third kappa shape index (κ3) is 2.19. The number of anilines is 1. The summed E-state index contributed by atoms with van der Waals surface area (Å²) in [6.45, 7) is 0. The monoisotopic (exact) mass is 237 g/mol. The Morgan fingerprint density at radius 3 is 3.00 bits per heavy atom. The molecule has 2 rings (SSSR count). The summed E-state index contributed by atoms with van der Waals surface area (Å²) in [4.78, 5) is 23.7. The molecule has 0 unspecified atom stereocenters. The number of hydrogen-bond donors (Lipinski definition) is 1. The highest BCUT2D eigenvalue weighted by Crippen LogP contribution is 2.34. The van der Waals surface area contributed by atoms with Crippen LogP contribution in [0.1, 0.15) is 6.42 Å². The second-order valence-corrected chi connectivity index (χ2v) is 4.44. The number of fused-ring (bicyclic) bond motifs is 1. The summed E-state index contributed by atoms with van der Waals surface area (Å²) < 4.78 is 4.55. The molecule has 84 valence electrons. The normalized spacial score (nSPS) is 18.6. The van der Waals surface area contributed by atoms with E-state index in [9.17, 15) is 9.59 Å². The van der Waals surface area contributed by atoms with Crippen LogP contribution < -0.4 is 5.32 Å². The summed E-state index contributed by atoms with van der Waals surface area (Å²) >= 11 is 1.16. The molecule has 0 aromatic heterocycles. The third-order valence-electron chi connectivity index (χ3n) is 2.31. The molecule has 4 nitrogen and oxygen atoms in total. The van der Waals surface area contributed by atoms with Gasteiger partial charge in [-0.25, -0.2) is 0 Å². The maximum absolute atomic E-state index is 11.7. The number of ether oxygens (including phenoxy) is 1. The van der Waals surface area contributed by atoms with Crippen molar-refractivity contribution in [3.63, 3.8) is 0 Å². The molecule has 0 spiro atoms. The minimum absolute atomic E-state index is 0.0518. The maximum atomic E-state index is 11.7. The Morgan fingerprint density at radius 2 is 2.25 bits per heavy atom. The molecule has 1 aliphatic heterocycles. The van der Waals surface area contributed by atoms with Crippen molar-refractivity contribution in [3.8, 4) is 0 Å². The molecule has 0 amide bonds. The van der Waals surface area contributed by atoms with E-state index in [-0.39, 0.29) is 17.5 Å². The van der Waals surface area contributed by atoms with E-state index in [4.69, 9.17) is 0 Å². The molecule has 0 bridgehead atoms. The lowest BCUT2D eigenvalue weighted by Crippen LogP contribution is -2.33. The van der Waals surface area contributed by atoms with Gasteiger partial charge in [0.25, 0.3) is 0 Å². The smallest absolute Gasteiger partial charge is 0.308 e. The van der Waals surface area contributed by atoms with Crippen molar-refractivity contribution >= 4 is 28.5 Å². The Hall–Kier alpha value is -1.49. The molecular weight excluding hydrogens is 226 g/mol. The lowest BCUT2D eigenvalue weighted by atomic mass is 10.2. The second-order valence-electron chi connectivity index (χ2n) is 3.39. The highest BCUT2D eigenvalue weighted by atomic mass is 32.2. The van der Waals surface area contributed by atoms with Gasteiger partial charge < -0.3 is 10.1 Å². The Kier molecular flexibility index (Phi) is 3.14. The van der Waals surface area contributed by atoms with Crippen LogP contribution in [-0.4, -0.2) is 24.2 Å². The minimum Gasteiger partial charge on any atom is -0.469 e. The first-order chi connectivity index (χ1) is 7.70. The van der Waals surface area contributed by atoms with Crippen LogP contribution in [0.15, 0.2) is 29.2 Å². The number of esters is 1. The average Bonchev–Trinajstić information content (AvgIpc) is 2.30. The van der Waals surface area contributed by atoms with E-state index in [0.717, 1.165) is 22.3 Å². The SMILES string of the molecule is COC(=O)C[C@H]1Nc2ccccc2SC1=O. The van der Waals surface area contributed by atoms with Gasteiger partial charge in [-0.2, -0.15) is 0 Å². The third-order valence-corrected chi connectivity index (χ3v) is 3.37. The maximum Gasteiger partial charge on any atom is 0.308 e. The van der Waals surface area contributed by atoms with Crippen LogP contribution in [0.25, 0.3) is 0 Å². The zero-order chi connectivity index (χ0) is 11.5. The fourth-order valence-electron chi connectivity index (χ4n) is 1.49. The lowest BCUT2D eigenvalue weighted by molar-refractivity contribution is -0.141. The Bertz CT molecular complexity index is 433. The van der Waals surface area contributed by atoms with Crippen molar-refractivity contribution in [2.45, 2.75) is 17.4 Å². The number of rotatable bonds is 2. The van der Waals surface area contributed by atoms with Crippen LogP contribution in [0.4, 0.5) is 5.69 Å². The van der Waals surface area contributed by atoms with Gasteiger partial charge in [-0.3, -0.25) is 9.59 Å². The molecule has 1 N–H and O–H groups in total. The van der Waals surface area contributed by atoms with Gasteiger partial charge in [-0.15, -0.1) is 0 Å². The zero-order valence-electron chi connectivity index (χ0n) is 8.73. The van der Waals surface area contributed by atoms with E-state index < -0.39 is 6.04 Å². The Labute approximate surface area is 97.4 Å². The molecule has 1 aliphatic rings. The lowest BCUT2D eigenvalue weighted by Gasteiger charge is -2.24. The largest absolute Gasteiger partial charge is 0.469 e. The Balaban J connectivity index is 2.15. The molecule has 1 heterocycles. The van der Waals surface area contributed by atoms with Gasteiger partial charge in [-0.1, -0.05) is 12.1 Å². The highest BCUT2D eigenvalue weighted by Gasteiger charge is 2.28. The molecule has 1 atom stereocenters. The second kappa shape index (κ2) is 4.57. The van der Waals surface area contributed by atoms with Gasteiger partial charge in [0.1, 0.15) is 6.04 Å². The molecular formula is C11H11NO3S. The molecule has 0 saturated heterocycles. The molecule has 0 fully saturated rings. The predicted molar refractivity (Wildman–Crippen MR) is 61.3 cm³/mol. The average molecular weight is 237 g/mol. The van der Waals surface area contributed by atoms with Crippen LogP contribution in [0.2, 0.25) is 0 Å². The van der Waals surface area contributed by atoms with Crippen molar-refractivity contribution in [3.05, 3.63) is 24.3 Å². The Morgan fingerprint density at radius 1 is 1.50 bits per heavy atom. The molecule has 1 aromatic carbocycles. The number of benzene rings is 1. The van der Waals surface area contributed by atoms with Crippen molar-refractivity contribution in [2.75, 3.05) is 12.4 Å². The van der Waals surface area contributed by atoms with Crippen LogP contribution in [0, 0.1) is 0 Å². The van der Waals surface area contributed by atoms with Crippen molar-refractivity contribution in [2.24, 2.45) is 0 Å². The molecule has 0 radical (unpaired) electrons. The van der Waals surface area contributed by atoms with E-state index in [2.05, 4.69) is 10.1 Å². The predicted octanol–water partition coefficient (Wildman–Crippen LogP) is 1.66. The van der Waals surface area contributed by atoms with Gasteiger partial charge in [0.05, 0.1) is 13.5 Å². The van der Waals surface area contributed by atoms with Crippen LogP contribution in [0.5, 0.6) is 0 Å². The van der Waals surface area contributed by atoms with Crippen LogP contribution in [-0.2, 0) is 14.3 Å². The fraction of sp³-hybridized carbons (Fsp3) is 0.273. The van der Waals surface area contributed by atoms with Gasteiger partial charge in [-0.05, 0) is 23.9 Å². The number of methoxy groups -OCH3 is 1. The number of hydrogen-bond acceptors (Lipinski definition) is 5. The first-order valence-electron chi connectivity index (χ1n) is 4.85. The zero-order valence-corrected chi connectivity index (χ0v) is 9.54. The van der Waals surface area contributed by atoms with Crippen LogP contribution >= 0.6 is 11.8 Å². The topological polar surface area (TPSA) is 55.4 Å². The van der Waals surface area contributed by atoms with E-state index in [1.165, 1.54) is 7.11 Å². The quantitative estimate of drug-likeness (QED) is 0.793. The molecule has 16 heavy (non-hydrogen) atoms. The van der Waals surface area contributed by atoms with E-state index in [0.29, 0.717) is 0 Å². The summed E-state index contributed by atoms with van der Waals surface area (Å²) in [5.41, 5.74) is 0.890. The van der Waals surface area contributed by atoms with Crippen LogP contribution in [0.3, 0.4) is 0 Å². The van der Waals surface area contributed by atoms with E-state index in [1.807, 2.05) is 24.3 Å². The number of para-hydroxylation sites is 1. The molecule has 0 saturated carbocycles. The van der Waals surface area contributed by atoms with Gasteiger partial charge in [0.2, 0.25) is 5.12 Å². The fourth-order valence-corrected chi connectivity index (χ4v) is 2.37. The van der Waals surface area contributed by atoms with E-state index in [1.54, 1.807) is 0 Å². The van der Waals surface area contributed by atoms with E-state index >= 15 is 0 Å². The van der Waals surface area contributed by atoms with Crippen molar-refractivity contribution in [1.82, 2.24) is 0 Å². The highest BCUT2D eigenvalue weighted by molar-refractivity contribution is 8.14. The van der Waals surface area contributed by atoms with Gasteiger partial charge >= 0.3 is 5.97 Å². The summed E-state index contributed by atoms with van der Waals surface area (Å²) in [7, 11) is 1.32. The number of thioether (sulfide) groups is 1. The van der Waals surface area contributed by atoms with Crippen molar-refractivity contribution in [1.29, 1.82) is 0 Å². The molecule has 1 aromatic rings. The number of carbonyl (C=O) groups is 2.